The molecule has 0 radical (unpaired) electrons. The first-order valence-electron chi connectivity index (χ1n) is 6.87. The lowest BCUT2D eigenvalue weighted by Crippen LogP contribution is -2.48. The van der Waals surface area contributed by atoms with E-state index in [0.717, 1.165) is 24.9 Å². The summed E-state index contributed by atoms with van der Waals surface area (Å²) in [6, 6.07) is 1.31. The first-order chi connectivity index (χ1) is 7.85. The van der Waals surface area contributed by atoms with Crippen LogP contribution in [-0.2, 0) is 0 Å². The molecule has 0 aromatic rings. The lowest BCUT2D eigenvalue weighted by Gasteiger charge is -2.39. The SMILES string of the molecule is CNC(CCO)CN1CCCC2CCCC21. The van der Waals surface area contributed by atoms with Crippen molar-refractivity contribution in [3.8, 4) is 0 Å². The maximum atomic E-state index is 9.03. The number of nitrogens with one attached hydrogen (secondary N) is 1. The topological polar surface area (TPSA) is 35.5 Å². The molecule has 2 rings (SSSR count). The maximum absolute atomic E-state index is 9.03. The van der Waals surface area contributed by atoms with Gasteiger partial charge in [0.05, 0.1) is 0 Å². The number of nitrogens with zero attached hydrogens (tertiary/aromatic N) is 1. The van der Waals surface area contributed by atoms with Gasteiger partial charge >= 0.3 is 0 Å². The Morgan fingerprint density at radius 2 is 2.12 bits per heavy atom. The van der Waals surface area contributed by atoms with Gasteiger partial charge in [0.1, 0.15) is 0 Å². The minimum absolute atomic E-state index is 0.299. The van der Waals surface area contributed by atoms with Crippen LogP contribution >= 0.6 is 0 Å². The summed E-state index contributed by atoms with van der Waals surface area (Å²) in [6.07, 6.45) is 7.98. The minimum atomic E-state index is 0.299. The van der Waals surface area contributed by atoms with Gasteiger partial charge in [-0.15, -0.1) is 0 Å². The average molecular weight is 226 g/mol. The molecule has 3 atom stereocenters. The molecule has 1 saturated heterocycles. The molecule has 16 heavy (non-hydrogen) atoms. The predicted molar refractivity (Wildman–Crippen MR) is 66.5 cm³/mol. The molecule has 3 nitrogen and oxygen atoms in total. The summed E-state index contributed by atoms with van der Waals surface area (Å²) in [6.45, 7) is 2.69. The highest BCUT2D eigenvalue weighted by Crippen LogP contribution is 2.36. The zero-order chi connectivity index (χ0) is 11.4. The Hall–Kier alpha value is -0.120. The number of likely N-dealkylation sites (N-methyl/N-ethyl adjacent to an activating group) is 1. The standard InChI is InChI=1S/C13H26N2O/c1-14-12(7-9-16)10-15-8-3-5-11-4-2-6-13(11)15/h11-14,16H,2-10H2,1H3. The molecule has 1 saturated carbocycles. The van der Waals surface area contributed by atoms with E-state index in [1.165, 1.54) is 38.6 Å². The van der Waals surface area contributed by atoms with Crippen LogP contribution < -0.4 is 5.32 Å². The second-order valence-corrected chi connectivity index (χ2v) is 5.39. The zero-order valence-electron chi connectivity index (χ0n) is 10.5. The molecule has 2 fully saturated rings. The molecule has 1 aliphatic heterocycles. The molecule has 94 valence electrons. The van der Waals surface area contributed by atoms with Crippen LogP contribution in [0.4, 0.5) is 0 Å². The molecule has 2 aliphatic rings. The van der Waals surface area contributed by atoms with Crippen molar-refractivity contribution in [3.63, 3.8) is 0 Å². The van der Waals surface area contributed by atoms with Gasteiger partial charge in [-0.3, -0.25) is 4.90 Å². The van der Waals surface area contributed by atoms with Gasteiger partial charge in [0.25, 0.3) is 0 Å². The summed E-state index contributed by atoms with van der Waals surface area (Å²) in [7, 11) is 2.01. The summed E-state index contributed by atoms with van der Waals surface area (Å²) in [5, 5.41) is 12.4. The molecule has 0 aromatic heterocycles. The van der Waals surface area contributed by atoms with Crippen LogP contribution in [0.3, 0.4) is 0 Å². The Balaban J connectivity index is 1.87. The number of likely N-dealkylation sites (tertiary alicyclic amines) is 1. The minimum Gasteiger partial charge on any atom is -0.396 e. The molecule has 1 aliphatic carbocycles. The molecular formula is C13H26N2O. The third-order valence-corrected chi connectivity index (χ3v) is 4.45. The molecule has 3 unspecified atom stereocenters. The number of piperidine rings is 1. The van der Waals surface area contributed by atoms with Crippen LogP contribution in [0.25, 0.3) is 0 Å². The van der Waals surface area contributed by atoms with Crippen molar-refractivity contribution in [1.29, 1.82) is 0 Å². The van der Waals surface area contributed by atoms with Crippen molar-refractivity contribution >= 4 is 0 Å². The highest BCUT2D eigenvalue weighted by molar-refractivity contribution is 4.90. The Labute approximate surface area is 99.2 Å². The first kappa shape index (κ1) is 12.3. The van der Waals surface area contributed by atoms with Crippen molar-refractivity contribution in [1.82, 2.24) is 10.2 Å². The normalized spacial score (nSPS) is 32.6. The van der Waals surface area contributed by atoms with Gasteiger partial charge in [-0.1, -0.05) is 6.42 Å². The van der Waals surface area contributed by atoms with E-state index in [4.69, 9.17) is 5.11 Å². The van der Waals surface area contributed by atoms with E-state index >= 15 is 0 Å². The molecule has 0 spiro atoms. The molecular weight excluding hydrogens is 200 g/mol. The van der Waals surface area contributed by atoms with Crippen molar-refractivity contribution in [2.75, 3.05) is 26.7 Å². The van der Waals surface area contributed by atoms with Crippen LogP contribution in [0, 0.1) is 5.92 Å². The highest BCUT2D eigenvalue weighted by Gasteiger charge is 2.35. The first-order valence-corrected chi connectivity index (χ1v) is 6.87. The molecule has 1 heterocycles. The summed E-state index contributed by atoms with van der Waals surface area (Å²) in [5.74, 6) is 0.973. The monoisotopic (exact) mass is 226 g/mol. The van der Waals surface area contributed by atoms with Crippen molar-refractivity contribution in [3.05, 3.63) is 0 Å². The van der Waals surface area contributed by atoms with Crippen molar-refractivity contribution < 1.29 is 5.11 Å². The van der Waals surface area contributed by atoms with Gasteiger partial charge in [-0.2, -0.15) is 0 Å². The second kappa shape index (κ2) is 5.99. The van der Waals surface area contributed by atoms with Crippen LogP contribution in [0.1, 0.15) is 38.5 Å². The van der Waals surface area contributed by atoms with Gasteiger partial charge in [0.15, 0.2) is 0 Å². The smallest absolute Gasteiger partial charge is 0.0446 e. The van der Waals surface area contributed by atoms with Crippen molar-refractivity contribution in [2.24, 2.45) is 5.92 Å². The molecule has 3 heteroatoms. The van der Waals surface area contributed by atoms with Crippen LogP contribution in [0.2, 0.25) is 0 Å². The van der Waals surface area contributed by atoms with Crippen LogP contribution in [0.5, 0.6) is 0 Å². The fourth-order valence-electron chi connectivity index (χ4n) is 3.55. The number of rotatable bonds is 5. The van der Waals surface area contributed by atoms with E-state index in [9.17, 15) is 0 Å². The van der Waals surface area contributed by atoms with Gasteiger partial charge in [0.2, 0.25) is 0 Å². The summed E-state index contributed by atoms with van der Waals surface area (Å²) < 4.78 is 0. The third-order valence-electron chi connectivity index (χ3n) is 4.45. The van der Waals surface area contributed by atoms with E-state index in [-0.39, 0.29) is 0 Å². The van der Waals surface area contributed by atoms with Gasteiger partial charge < -0.3 is 10.4 Å². The Morgan fingerprint density at radius 1 is 1.31 bits per heavy atom. The Kier molecular flexibility index (Phi) is 4.62. The number of fused-ring (bicyclic) bond motifs is 1. The molecule has 0 bridgehead atoms. The molecule has 0 aromatic carbocycles. The van der Waals surface area contributed by atoms with Gasteiger partial charge in [-0.25, -0.2) is 0 Å². The highest BCUT2D eigenvalue weighted by atomic mass is 16.3. The van der Waals surface area contributed by atoms with E-state index in [2.05, 4.69) is 10.2 Å². The van der Waals surface area contributed by atoms with Gasteiger partial charge in [0, 0.05) is 25.2 Å². The van der Waals surface area contributed by atoms with E-state index in [1.54, 1.807) is 0 Å². The number of aliphatic hydroxyl groups excluding tert-OH is 1. The van der Waals surface area contributed by atoms with Crippen LogP contribution in [0.15, 0.2) is 0 Å². The van der Waals surface area contributed by atoms with E-state index < -0.39 is 0 Å². The van der Waals surface area contributed by atoms with E-state index in [0.29, 0.717) is 12.6 Å². The second-order valence-electron chi connectivity index (χ2n) is 5.39. The number of hydrogen-bond acceptors (Lipinski definition) is 3. The summed E-state index contributed by atoms with van der Waals surface area (Å²) in [5.41, 5.74) is 0. The molecule has 2 N–H and O–H groups in total. The average Bonchev–Trinajstić information content (AvgIpc) is 2.77. The summed E-state index contributed by atoms with van der Waals surface area (Å²) >= 11 is 0. The lowest BCUT2D eigenvalue weighted by atomic mass is 9.91. The van der Waals surface area contributed by atoms with Crippen molar-refractivity contribution in [2.45, 2.75) is 50.6 Å². The number of hydrogen-bond donors (Lipinski definition) is 2. The fraction of sp³-hybridized carbons (Fsp3) is 1.00. The lowest BCUT2D eigenvalue weighted by molar-refractivity contribution is 0.0973. The third kappa shape index (κ3) is 2.76. The largest absolute Gasteiger partial charge is 0.396 e. The maximum Gasteiger partial charge on any atom is 0.0446 e. The summed E-state index contributed by atoms with van der Waals surface area (Å²) in [4.78, 5) is 2.68. The Morgan fingerprint density at radius 3 is 2.88 bits per heavy atom. The Bertz CT molecular complexity index is 210. The van der Waals surface area contributed by atoms with Crippen LogP contribution in [-0.4, -0.2) is 48.8 Å². The van der Waals surface area contributed by atoms with Gasteiger partial charge in [-0.05, 0) is 51.6 Å². The van der Waals surface area contributed by atoms with E-state index in [1.807, 2.05) is 7.05 Å². The quantitative estimate of drug-likeness (QED) is 0.740. The predicted octanol–water partition coefficient (Wildman–Crippen LogP) is 1.22. The number of aliphatic hydroxyl groups is 1. The molecule has 0 amide bonds. The fourth-order valence-corrected chi connectivity index (χ4v) is 3.55. The zero-order valence-corrected chi connectivity index (χ0v) is 10.5.